The number of anilines is 1. The summed E-state index contributed by atoms with van der Waals surface area (Å²) in [6.45, 7) is 10.8. The summed E-state index contributed by atoms with van der Waals surface area (Å²) in [5, 5.41) is 7.27. The fourth-order valence-electron chi connectivity index (χ4n) is 4.75. The molecule has 200 valence electrons. The predicted octanol–water partition coefficient (Wildman–Crippen LogP) is 8.68. The Hall–Kier alpha value is -3.89. The van der Waals surface area contributed by atoms with E-state index in [1.807, 2.05) is 12.1 Å². The van der Waals surface area contributed by atoms with E-state index in [4.69, 9.17) is 14.6 Å². The molecule has 1 aliphatic rings. The van der Waals surface area contributed by atoms with Crippen molar-refractivity contribution in [1.29, 1.82) is 0 Å². The Bertz CT molecular complexity index is 1390. The number of nitrogens with zero attached hydrogens (tertiary/aromatic N) is 2. The first-order valence-electron chi connectivity index (χ1n) is 13.7. The molecule has 4 heteroatoms. The van der Waals surface area contributed by atoms with Crippen molar-refractivity contribution in [2.75, 3.05) is 11.6 Å². The van der Waals surface area contributed by atoms with E-state index in [0.717, 1.165) is 29.1 Å². The standard InChI is InChI=1S/C35H38N2O2/c1-34(2,3)38-25-35(4,5)39-31-22-20-29(21-23-31)33-24-32(36-37(33)30-14-10-7-11-15-30)28-18-16-27(17-19-28)26-12-8-6-9-13-26/h6-23,33H,24-25H2,1-5H3. The fraction of sp³-hybridized carbons (Fsp3) is 0.286. The first-order valence-corrected chi connectivity index (χ1v) is 13.7. The van der Waals surface area contributed by atoms with Crippen LogP contribution in [0, 0.1) is 0 Å². The van der Waals surface area contributed by atoms with Gasteiger partial charge in [-0.25, -0.2) is 0 Å². The lowest BCUT2D eigenvalue weighted by atomic mass is 9.96. The number of para-hydroxylation sites is 1. The largest absolute Gasteiger partial charge is 0.485 e. The number of hydrogen-bond donors (Lipinski definition) is 0. The van der Waals surface area contributed by atoms with Crippen molar-refractivity contribution in [1.82, 2.24) is 0 Å². The van der Waals surface area contributed by atoms with Gasteiger partial charge in [-0.2, -0.15) is 5.10 Å². The fourth-order valence-corrected chi connectivity index (χ4v) is 4.75. The second kappa shape index (κ2) is 11.1. The van der Waals surface area contributed by atoms with Crippen LogP contribution in [0.5, 0.6) is 5.75 Å². The maximum Gasteiger partial charge on any atom is 0.127 e. The minimum atomic E-state index is -0.430. The van der Waals surface area contributed by atoms with Crippen LogP contribution >= 0.6 is 0 Å². The van der Waals surface area contributed by atoms with E-state index in [-0.39, 0.29) is 11.6 Å². The first kappa shape index (κ1) is 26.7. The summed E-state index contributed by atoms with van der Waals surface area (Å²) in [6, 6.07) is 38.2. The molecule has 1 unspecified atom stereocenters. The molecule has 0 saturated carbocycles. The van der Waals surface area contributed by atoms with Gasteiger partial charge < -0.3 is 9.47 Å². The third kappa shape index (κ3) is 6.76. The van der Waals surface area contributed by atoms with Crippen LogP contribution in [0.15, 0.2) is 114 Å². The molecule has 0 spiro atoms. The van der Waals surface area contributed by atoms with Crippen LogP contribution in [0.2, 0.25) is 0 Å². The summed E-state index contributed by atoms with van der Waals surface area (Å²) in [6.07, 6.45) is 0.824. The zero-order valence-corrected chi connectivity index (χ0v) is 23.6. The molecule has 0 aliphatic carbocycles. The van der Waals surface area contributed by atoms with Gasteiger partial charge in [0.2, 0.25) is 0 Å². The predicted molar refractivity (Wildman–Crippen MR) is 162 cm³/mol. The molecule has 1 aliphatic heterocycles. The van der Waals surface area contributed by atoms with Gasteiger partial charge in [0.15, 0.2) is 0 Å². The van der Waals surface area contributed by atoms with E-state index < -0.39 is 5.60 Å². The van der Waals surface area contributed by atoms with Crippen molar-refractivity contribution in [2.45, 2.75) is 58.3 Å². The zero-order chi connectivity index (χ0) is 27.5. The molecule has 0 bridgehead atoms. The van der Waals surface area contributed by atoms with Crippen LogP contribution in [0.1, 0.15) is 58.2 Å². The lowest BCUT2D eigenvalue weighted by Gasteiger charge is -2.30. The molecule has 4 nitrogen and oxygen atoms in total. The highest BCUT2D eigenvalue weighted by atomic mass is 16.6. The second-order valence-corrected chi connectivity index (χ2v) is 11.7. The molecular weight excluding hydrogens is 480 g/mol. The quantitative estimate of drug-likeness (QED) is 0.234. The van der Waals surface area contributed by atoms with Gasteiger partial charge in [0.05, 0.1) is 29.6 Å². The molecule has 0 radical (unpaired) electrons. The zero-order valence-electron chi connectivity index (χ0n) is 23.6. The van der Waals surface area contributed by atoms with Gasteiger partial charge in [-0.1, -0.05) is 84.9 Å². The molecule has 0 saturated heterocycles. The van der Waals surface area contributed by atoms with E-state index in [1.54, 1.807) is 0 Å². The minimum absolute atomic E-state index is 0.0995. The second-order valence-electron chi connectivity index (χ2n) is 11.7. The summed E-state index contributed by atoms with van der Waals surface area (Å²) in [7, 11) is 0. The Morgan fingerprint density at radius 3 is 1.87 bits per heavy atom. The van der Waals surface area contributed by atoms with Crippen LogP contribution in [0.25, 0.3) is 11.1 Å². The van der Waals surface area contributed by atoms with E-state index in [0.29, 0.717) is 6.61 Å². The normalized spacial score (nSPS) is 15.8. The summed E-state index contributed by atoms with van der Waals surface area (Å²) < 4.78 is 12.3. The van der Waals surface area contributed by atoms with Crippen LogP contribution in [-0.4, -0.2) is 23.5 Å². The maximum absolute atomic E-state index is 6.30. The van der Waals surface area contributed by atoms with E-state index in [9.17, 15) is 0 Å². The minimum Gasteiger partial charge on any atom is -0.485 e. The number of hydrogen-bond acceptors (Lipinski definition) is 4. The highest BCUT2D eigenvalue weighted by Crippen LogP contribution is 2.37. The highest BCUT2D eigenvalue weighted by Gasteiger charge is 2.30. The Labute approximate surface area is 232 Å². The maximum atomic E-state index is 6.30. The highest BCUT2D eigenvalue weighted by molar-refractivity contribution is 6.03. The lowest BCUT2D eigenvalue weighted by molar-refractivity contribution is -0.0723. The van der Waals surface area contributed by atoms with Crippen LogP contribution < -0.4 is 9.75 Å². The number of hydrazone groups is 1. The number of benzene rings is 4. The van der Waals surface area contributed by atoms with Crippen LogP contribution in [0.3, 0.4) is 0 Å². The molecule has 0 amide bonds. The van der Waals surface area contributed by atoms with Crippen molar-refractivity contribution >= 4 is 11.4 Å². The topological polar surface area (TPSA) is 34.1 Å². The Balaban J connectivity index is 1.36. The summed E-state index contributed by atoms with van der Waals surface area (Å²) in [5.74, 6) is 0.836. The van der Waals surface area contributed by atoms with Crippen molar-refractivity contribution in [3.63, 3.8) is 0 Å². The Morgan fingerprint density at radius 2 is 1.26 bits per heavy atom. The lowest BCUT2D eigenvalue weighted by Crippen LogP contribution is -2.37. The van der Waals surface area contributed by atoms with Crippen LogP contribution in [0.4, 0.5) is 5.69 Å². The molecule has 0 fully saturated rings. The molecular formula is C35H38N2O2. The average Bonchev–Trinajstić information content (AvgIpc) is 3.39. The molecule has 0 aromatic heterocycles. The van der Waals surface area contributed by atoms with Gasteiger partial charge >= 0.3 is 0 Å². The molecule has 4 aromatic carbocycles. The molecule has 1 heterocycles. The van der Waals surface area contributed by atoms with Crippen LogP contribution in [-0.2, 0) is 4.74 Å². The monoisotopic (exact) mass is 518 g/mol. The van der Waals surface area contributed by atoms with Gasteiger partial charge in [0.1, 0.15) is 11.4 Å². The third-order valence-corrected chi connectivity index (χ3v) is 6.77. The third-order valence-electron chi connectivity index (χ3n) is 6.77. The summed E-state index contributed by atoms with van der Waals surface area (Å²) >= 11 is 0. The van der Waals surface area contributed by atoms with Crippen molar-refractivity contribution in [3.8, 4) is 16.9 Å². The summed E-state index contributed by atoms with van der Waals surface area (Å²) in [4.78, 5) is 0. The van der Waals surface area contributed by atoms with Crippen molar-refractivity contribution < 1.29 is 9.47 Å². The Kier molecular flexibility index (Phi) is 7.58. The average molecular weight is 519 g/mol. The van der Waals surface area contributed by atoms with E-state index >= 15 is 0 Å². The Morgan fingerprint density at radius 1 is 0.692 bits per heavy atom. The van der Waals surface area contributed by atoms with E-state index in [1.165, 1.54) is 16.7 Å². The number of ether oxygens (including phenoxy) is 2. The number of rotatable bonds is 8. The molecule has 39 heavy (non-hydrogen) atoms. The molecule has 1 atom stereocenters. The molecule has 0 N–H and O–H groups in total. The smallest absolute Gasteiger partial charge is 0.127 e. The van der Waals surface area contributed by atoms with Gasteiger partial charge in [0.25, 0.3) is 0 Å². The van der Waals surface area contributed by atoms with Gasteiger partial charge in [-0.15, -0.1) is 0 Å². The van der Waals surface area contributed by atoms with E-state index in [2.05, 4.69) is 137 Å². The van der Waals surface area contributed by atoms with Gasteiger partial charge in [-0.05, 0) is 81.1 Å². The molecule has 5 rings (SSSR count). The summed E-state index contributed by atoms with van der Waals surface area (Å²) in [5.41, 5.74) is 6.32. The SMILES string of the molecule is CC(C)(C)OCC(C)(C)Oc1ccc(C2CC(c3ccc(-c4ccccc4)cc3)=NN2c2ccccc2)cc1. The first-order chi connectivity index (χ1) is 18.7. The van der Waals surface area contributed by atoms with Gasteiger partial charge in [0, 0.05) is 6.42 Å². The molecule has 4 aromatic rings. The van der Waals surface area contributed by atoms with Gasteiger partial charge in [-0.3, -0.25) is 5.01 Å². The van der Waals surface area contributed by atoms with Crippen molar-refractivity contribution in [3.05, 3.63) is 120 Å². The van der Waals surface area contributed by atoms with Crippen molar-refractivity contribution in [2.24, 2.45) is 5.10 Å².